The lowest BCUT2D eigenvalue weighted by atomic mass is 9.95. The first-order valence-electron chi connectivity index (χ1n) is 5.58. The predicted octanol–water partition coefficient (Wildman–Crippen LogP) is 1.73. The van der Waals surface area contributed by atoms with Crippen molar-refractivity contribution in [2.75, 3.05) is 6.61 Å². The summed E-state index contributed by atoms with van der Waals surface area (Å²) in [5.74, 6) is 0.862. The smallest absolute Gasteiger partial charge is 0.119 e. The van der Waals surface area contributed by atoms with E-state index in [0.29, 0.717) is 6.42 Å². The second-order valence-electron chi connectivity index (χ2n) is 4.80. The van der Waals surface area contributed by atoms with Crippen molar-refractivity contribution in [2.45, 2.75) is 38.8 Å². The van der Waals surface area contributed by atoms with Crippen molar-refractivity contribution in [3.63, 3.8) is 0 Å². The third-order valence-electron chi connectivity index (χ3n) is 2.26. The molecule has 3 N–H and O–H groups in total. The molecule has 0 amide bonds. The van der Waals surface area contributed by atoms with E-state index in [-0.39, 0.29) is 12.7 Å². The summed E-state index contributed by atoms with van der Waals surface area (Å²) in [5.41, 5.74) is 6.44. The van der Waals surface area contributed by atoms with Gasteiger partial charge in [0.25, 0.3) is 0 Å². The second kappa shape index (κ2) is 5.32. The Bertz CT molecular complexity index is 317. The quantitative estimate of drug-likeness (QED) is 0.799. The molecule has 0 saturated carbocycles. The Morgan fingerprint density at radius 2 is 1.88 bits per heavy atom. The van der Waals surface area contributed by atoms with Crippen molar-refractivity contribution in [3.8, 4) is 5.75 Å². The van der Waals surface area contributed by atoms with Crippen LogP contribution in [0.4, 0.5) is 0 Å². The highest BCUT2D eigenvalue weighted by atomic mass is 16.5. The van der Waals surface area contributed by atoms with Gasteiger partial charge in [-0.2, -0.15) is 0 Å². The number of hydrogen-bond donors (Lipinski definition) is 2. The van der Waals surface area contributed by atoms with Crippen LogP contribution in [0.3, 0.4) is 0 Å². The molecule has 90 valence electrons. The van der Waals surface area contributed by atoms with Crippen LogP contribution >= 0.6 is 0 Å². The molecule has 0 saturated heterocycles. The van der Waals surface area contributed by atoms with Gasteiger partial charge in [-0.25, -0.2) is 0 Å². The fourth-order valence-corrected chi connectivity index (χ4v) is 1.48. The number of aliphatic hydroxyl groups excluding tert-OH is 1. The molecule has 0 aliphatic carbocycles. The Kier molecular flexibility index (Phi) is 4.33. The van der Waals surface area contributed by atoms with E-state index in [9.17, 15) is 0 Å². The molecule has 1 aromatic rings. The standard InChI is InChI=1S/C13H21NO2/c1-10(2)16-12-6-4-11(5-7-12)8-13(3,14)9-15/h4-7,10,15H,8-9,14H2,1-3H3. The summed E-state index contributed by atoms with van der Waals surface area (Å²) in [5, 5.41) is 9.08. The molecule has 0 spiro atoms. The van der Waals surface area contributed by atoms with E-state index in [1.807, 2.05) is 45.0 Å². The first kappa shape index (κ1) is 13.0. The van der Waals surface area contributed by atoms with Gasteiger partial charge in [0.05, 0.1) is 12.7 Å². The summed E-state index contributed by atoms with van der Waals surface area (Å²) in [6.45, 7) is 5.82. The second-order valence-corrected chi connectivity index (χ2v) is 4.80. The van der Waals surface area contributed by atoms with Crippen LogP contribution < -0.4 is 10.5 Å². The molecule has 3 heteroatoms. The van der Waals surface area contributed by atoms with Gasteiger partial charge in [-0.3, -0.25) is 0 Å². The first-order chi connectivity index (χ1) is 7.43. The number of benzene rings is 1. The highest BCUT2D eigenvalue weighted by Crippen LogP contribution is 2.16. The van der Waals surface area contributed by atoms with E-state index in [0.717, 1.165) is 11.3 Å². The molecule has 3 nitrogen and oxygen atoms in total. The lowest BCUT2D eigenvalue weighted by molar-refractivity contribution is 0.208. The van der Waals surface area contributed by atoms with E-state index in [2.05, 4.69) is 0 Å². The summed E-state index contributed by atoms with van der Waals surface area (Å²) in [6.07, 6.45) is 0.842. The van der Waals surface area contributed by atoms with Gasteiger partial charge in [-0.1, -0.05) is 12.1 Å². The lowest BCUT2D eigenvalue weighted by Gasteiger charge is -2.21. The maximum absolute atomic E-state index is 9.08. The summed E-state index contributed by atoms with van der Waals surface area (Å²) in [4.78, 5) is 0. The van der Waals surface area contributed by atoms with E-state index in [1.54, 1.807) is 0 Å². The minimum atomic E-state index is -0.555. The average molecular weight is 223 g/mol. The van der Waals surface area contributed by atoms with Gasteiger partial charge in [-0.05, 0) is 44.9 Å². The summed E-state index contributed by atoms with van der Waals surface area (Å²) in [7, 11) is 0. The minimum absolute atomic E-state index is 0.0166. The number of aliphatic hydroxyl groups is 1. The topological polar surface area (TPSA) is 55.5 Å². The van der Waals surface area contributed by atoms with Gasteiger partial charge in [0.2, 0.25) is 0 Å². The SMILES string of the molecule is CC(C)Oc1ccc(CC(C)(N)CO)cc1. The third-order valence-corrected chi connectivity index (χ3v) is 2.26. The molecule has 1 aromatic carbocycles. The molecule has 16 heavy (non-hydrogen) atoms. The highest BCUT2D eigenvalue weighted by molar-refractivity contribution is 5.28. The molecule has 0 radical (unpaired) electrons. The maximum Gasteiger partial charge on any atom is 0.119 e. The fraction of sp³-hybridized carbons (Fsp3) is 0.538. The molecular weight excluding hydrogens is 202 g/mol. The van der Waals surface area contributed by atoms with E-state index >= 15 is 0 Å². The Balaban J connectivity index is 2.64. The monoisotopic (exact) mass is 223 g/mol. The van der Waals surface area contributed by atoms with Crippen molar-refractivity contribution in [2.24, 2.45) is 5.73 Å². The molecule has 1 rings (SSSR count). The Labute approximate surface area is 97.2 Å². The van der Waals surface area contributed by atoms with Crippen molar-refractivity contribution < 1.29 is 9.84 Å². The first-order valence-corrected chi connectivity index (χ1v) is 5.58. The third kappa shape index (κ3) is 4.21. The Morgan fingerprint density at radius 1 is 1.31 bits per heavy atom. The molecular formula is C13H21NO2. The number of nitrogens with two attached hydrogens (primary N) is 1. The summed E-state index contributed by atoms with van der Waals surface area (Å²) in [6, 6.07) is 7.84. The van der Waals surface area contributed by atoms with Gasteiger partial charge in [0, 0.05) is 5.54 Å². The molecule has 1 unspecified atom stereocenters. The number of hydrogen-bond acceptors (Lipinski definition) is 3. The Morgan fingerprint density at radius 3 is 2.31 bits per heavy atom. The largest absolute Gasteiger partial charge is 0.491 e. The molecule has 1 atom stereocenters. The zero-order valence-corrected chi connectivity index (χ0v) is 10.2. The lowest BCUT2D eigenvalue weighted by Crippen LogP contribution is -2.42. The maximum atomic E-state index is 9.08. The summed E-state index contributed by atoms with van der Waals surface area (Å²) < 4.78 is 5.54. The van der Waals surface area contributed by atoms with Gasteiger partial charge in [0.1, 0.15) is 5.75 Å². The van der Waals surface area contributed by atoms with Crippen LogP contribution in [0.1, 0.15) is 26.3 Å². The molecule has 0 heterocycles. The average Bonchev–Trinajstić information content (AvgIpc) is 2.20. The van der Waals surface area contributed by atoms with E-state index in [4.69, 9.17) is 15.6 Å². The van der Waals surface area contributed by atoms with Crippen LogP contribution in [0, 0.1) is 0 Å². The van der Waals surface area contributed by atoms with Gasteiger partial charge < -0.3 is 15.6 Å². The zero-order valence-electron chi connectivity index (χ0n) is 10.2. The number of rotatable bonds is 5. The van der Waals surface area contributed by atoms with Crippen molar-refractivity contribution in [1.82, 2.24) is 0 Å². The van der Waals surface area contributed by atoms with Crippen molar-refractivity contribution >= 4 is 0 Å². The van der Waals surface area contributed by atoms with E-state index in [1.165, 1.54) is 0 Å². The molecule has 0 fully saturated rings. The van der Waals surface area contributed by atoms with Crippen LogP contribution in [0.5, 0.6) is 5.75 Å². The van der Waals surface area contributed by atoms with Crippen LogP contribution in [-0.2, 0) is 6.42 Å². The predicted molar refractivity (Wildman–Crippen MR) is 65.6 cm³/mol. The zero-order chi connectivity index (χ0) is 12.2. The molecule has 0 aromatic heterocycles. The fourth-order valence-electron chi connectivity index (χ4n) is 1.48. The molecule has 0 aliphatic heterocycles. The van der Waals surface area contributed by atoms with Gasteiger partial charge >= 0.3 is 0 Å². The van der Waals surface area contributed by atoms with Gasteiger partial charge in [-0.15, -0.1) is 0 Å². The highest BCUT2D eigenvalue weighted by Gasteiger charge is 2.17. The van der Waals surface area contributed by atoms with E-state index < -0.39 is 5.54 Å². The van der Waals surface area contributed by atoms with Crippen LogP contribution in [-0.4, -0.2) is 23.4 Å². The Hall–Kier alpha value is -1.06. The number of ether oxygens (including phenoxy) is 1. The van der Waals surface area contributed by atoms with Crippen LogP contribution in [0.2, 0.25) is 0 Å². The van der Waals surface area contributed by atoms with Crippen LogP contribution in [0.25, 0.3) is 0 Å². The van der Waals surface area contributed by atoms with Gasteiger partial charge in [0.15, 0.2) is 0 Å². The normalized spacial score (nSPS) is 14.9. The van der Waals surface area contributed by atoms with Crippen molar-refractivity contribution in [3.05, 3.63) is 29.8 Å². The minimum Gasteiger partial charge on any atom is -0.491 e. The molecule has 0 bridgehead atoms. The molecule has 0 aliphatic rings. The van der Waals surface area contributed by atoms with Crippen LogP contribution in [0.15, 0.2) is 24.3 Å². The van der Waals surface area contributed by atoms with Crippen molar-refractivity contribution in [1.29, 1.82) is 0 Å². The summed E-state index contributed by atoms with van der Waals surface area (Å²) >= 11 is 0.